The number of aromatic nitrogens is 3. The smallest absolute Gasteiger partial charge is 0.323 e. The van der Waals surface area contributed by atoms with Crippen LogP contribution in [0.1, 0.15) is 12.0 Å². The van der Waals surface area contributed by atoms with Gasteiger partial charge in [-0.2, -0.15) is 5.10 Å². The largest absolute Gasteiger partial charge is 0.487 e. The molecular formula is C20H20FN5O2. The van der Waals surface area contributed by atoms with E-state index in [1.54, 1.807) is 46.4 Å². The molecule has 2 aromatic heterocycles. The van der Waals surface area contributed by atoms with Crippen molar-refractivity contribution in [3.05, 3.63) is 72.4 Å². The summed E-state index contributed by atoms with van der Waals surface area (Å²) in [4.78, 5) is 18.4. The molecule has 1 aromatic carbocycles. The van der Waals surface area contributed by atoms with Gasteiger partial charge in [-0.3, -0.25) is 10.3 Å². The van der Waals surface area contributed by atoms with Crippen molar-refractivity contribution in [2.24, 2.45) is 0 Å². The van der Waals surface area contributed by atoms with Crippen molar-refractivity contribution in [1.29, 1.82) is 0 Å². The van der Waals surface area contributed by atoms with Crippen LogP contribution in [-0.4, -0.2) is 44.9 Å². The molecule has 2 amide bonds. The number of carbonyl (C=O) groups excluding carboxylic acids is 1. The molecule has 0 bridgehead atoms. The van der Waals surface area contributed by atoms with Crippen LogP contribution in [0.15, 0.2) is 61.1 Å². The maximum absolute atomic E-state index is 13.1. The summed E-state index contributed by atoms with van der Waals surface area (Å²) in [6, 6.07) is 11.4. The summed E-state index contributed by atoms with van der Waals surface area (Å²) in [6.07, 6.45) is 5.68. The minimum absolute atomic E-state index is 0.0564. The van der Waals surface area contributed by atoms with Gasteiger partial charge >= 0.3 is 6.03 Å². The van der Waals surface area contributed by atoms with E-state index in [9.17, 15) is 9.18 Å². The number of ether oxygens (including phenoxy) is 1. The second kappa shape index (κ2) is 8.08. The lowest BCUT2D eigenvalue weighted by atomic mass is 10.2. The minimum Gasteiger partial charge on any atom is -0.487 e. The lowest BCUT2D eigenvalue weighted by Crippen LogP contribution is -2.35. The van der Waals surface area contributed by atoms with Gasteiger partial charge in [0.25, 0.3) is 0 Å². The Hall–Kier alpha value is -3.42. The second-order valence-electron chi connectivity index (χ2n) is 6.59. The molecule has 1 unspecified atom stereocenters. The molecule has 0 aliphatic carbocycles. The van der Waals surface area contributed by atoms with Crippen molar-refractivity contribution in [3.8, 4) is 5.75 Å². The van der Waals surface area contributed by atoms with Crippen LogP contribution in [-0.2, 0) is 6.54 Å². The molecule has 0 saturated carbocycles. The van der Waals surface area contributed by atoms with E-state index in [1.807, 2.05) is 12.1 Å². The van der Waals surface area contributed by atoms with Crippen molar-refractivity contribution in [3.63, 3.8) is 0 Å². The van der Waals surface area contributed by atoms with Gasteiger partial charge in [-0.25, -0.2) is 13.9 Å². The lowest BCUT2D eigenvalue weighted by Gasteiger charge is -2.18. The van der Waals surface area contributed by atoms with Crippen LogP contribution < -0.4 is 10.1 Å². The number of benzene rings is 1. The highest BCUT2D eigenvalue weighted by atomic mass is 19.1. The highest BCUT2D eigenvalue weighted by Crippen LogP contribution is 2.19. The molecule has 1 aliphatic heterocycles. The number of halogens is 1. The standard InChI is InChI=1S/C20H20FN5O2/c21-16-5-3-15(4-6-16)13-26-19(7-10-23-26)24-20(27)25-11-8-18(14-25)28-17-2-1-9-22-12-17/h1-7,9-10,12,18H,8,11,13-14H2,(H,24,27). The summed E-state index contributed by atoms with van der Waals surface area (Å²) in [6.45, 7) is 1.56. The topological polar surface area (TPSA) is 72.3 Å². The zero-order chi connectivity index (χ0) is 19.3. The molecule has 3 heterocycles. The van der Waals surface area contributed by atoms with Crippen LogP contribution >= 0.6 is 0 Å². The number of hydrogen-bond acceptors (Lipinski definition) is 4. The third-order valence-electron chi connectivity index (χ3n) is 4.57. The SMILES string of the molecule is O=C(Nc1ccnn1Cc1ccc(F)cc1)N1CCC(Oc2cccnc2)C1. The average molecular weight is 381 g/mol. The van der Waals surface area contributed by atoms with Gasteiger partial charge in [0.1, 0.15) is 23.5 Å². The summed E-state index contributed by atoms with van der Waals surface area (Å²) >= 11 is 0. The van der Waals surface area contributed by atoms with Gasteiger partial charge in [0.2, 0.25) is 0 Å². The van der Waals surface area contributed by atoms with E-state index in [0.717, 1.165) is 12.0 Å². The van der Waals surface area contributed by atoms with E-state index in [4.69, 9.17) is 4.74 Å². The Morgan fingerprint density at radius 1 is 1.21 bits per heavy atom. The number of urea groups is 1. The quantitative estimate of drug-likeness (QED) is 0.737. The summed E-state index contributed by atoms with van der Waals surface area (Å²) in [7, 11) is 0. The highest BCUT2D eigenvalue weighted by molar-refractivity contribution is 5.88. The molecule has 1 fully saturated rings. The molecule has 1 N–H and O–H groups in total. The molecule has 144 valence electrons. The summed E-state index contributed by atoms with van der Waals surface area (Å²) in [5.74, 6) is 1.01. The monoisotopic (exact) mass is 381 g/mol. The Morgan fingerprint density at radius 2 is 2.07 bits per heavy atom. The number of pyridine rings is 1. The van der Waals surface area contributed by atoms with E-state index in [0.29, 0.717) is 31.2 Å². The molecule has 7 nitrogen and oxygen atoms in total. The average Bonchev–Trinajstić information content (AvgIpc) is 3.34. The normalized spacial score (nSPS) is 16.2. The fourth-order valence-electron chi connectivity index (χ4n) is 3.13. The third-order valence-corrected chi connectivity index (χ3v) is 4.57. The first-order chi connectivity index (χ1) is 13.7. The molecule has 1 saturated heterocycles. The Labute approximate surface area is 161 Å². The van der Waals surface area contributed by atoms with Gasteiger partial charge in [0, 0.05) is 25.2 Å². The van der Waals surface area contributed by atoms with Gasteiger partial charge in [0.05, 0.1) is 25.5 Å². The first-order valence-corrected chi connectivity index (χ1v) is 9.06. The third kappa shape index (κ3) is 4.28. The molecule has 4 rings (SSSR count). The molecule has 1 atom stereocenters. The van der Waals surface area contributed by atoms with Crippen LogP contribution in [0.4, 0.5) is 15.0 Å². The minimum atomic E-state index is -0.283. The fourth-order valence-corrected chi connectivity index (χ4v) is 3.13. The van der Waals surface area contributed by atoms with Crippen LogP contribution in [0.2, 0.25) is 0 Å². The fraction of sp³-hybridized carbons (Fsp3) is 0.250. The van der Waals surface area contributed by atoms with Crippen LogP contribution in [0, 0.1) is 5.82 Å². The molecule has 0 spiro atoms. The predicted octanol–water partition coefficient (Wildman–Crippen LogP) is 3.15. The number of amides is 2. The Morgan fingerprint density at radius 3 is 2.86 bits per heavy atom. The number of carbonyl (C=O) groups is 1. The molecule has 0 radical (unpaired) electrons. The van der Waals surface area contributed by atoms with Gasteiger partial charge in [-0.1, -0.05) is 12.1 Å². The van der Waals surface area contributed by atoms with E-state index in [1.165, 1.54) is 12.1 Å². The number of nitrogens with zero attached hydrogens (tertiary/aromatic N) is 4. The first-order valence-electron chi connectivity index (χ1n) is 9.06. The Bertz CT molecular complexity index is 929. The van der Waals surface area contributed by atoms with Gasteiger partial charge < -0.3 is 9.64 Å². The van der Waals surface area contributed by atoms with Crippen molar-refractivity contribution in [1.82, 2.24) is 19.7 Å². The van der Waals surface area contributed by atoms with Crippen molar-refractivity contribution >= 4 is 11.8 Å². The number of rotatable bonds is 5. The van der Waals surface area contributed by atoms with Crippen molar-refractivity contribution in [2.45, 2.75) is 19.1 Å². The lowest BCUT2D eigenvalue weighted by molar-refractivity contribution is 0.194. The molecule has 8 heteroatoms. The van der Waals surface area contributed by atoms with Gasteiger partial charge in [-0.05, 0) is 29.8 Å². The van der Waals surface area contributed by atoms with Crippen molar-refractivity contribution < 1.29 is 13.9 Å². The van der Waals surface area contributed by atoms with E-state index >= 15 is 0 Å². The van der Waals surface area contributed by atoms with Crippen LogP contribution in [0.25, 0.3) is 0 Å². The second-order valence-corrected chi connectivity index (χ2v) is 6.59. The van der Waals surface area contributed by atoms with E-state index in [2.05, 4.69) is 15.4 Å². The maximum atomic E-state index is 13.1. The van der Waals surface area contributed by atoms with Crippen molar-refractivity contribution in [2.75, 3.05) is 18.4 Å². The molecular weight excluding hydrogens is 361 g/mol. The number of nitrogens with one attached hydrogen (secondary N) is 1. The maximum Gasteiger partial charge on any atom is 0.323 e. The summed E-state index contributed by atoms with van der Waals surface area (Å²) in [5.41, 5.74) is 0.895. The zero-order valence-corrected chi connectivity index (χ0v) is 15.2. The van der Waals surface area contributed by atoms with Gasteiger partial charge in [-0.15, -0.1) is 0 Å². The highest BCUT2D eigenvalue weighted by Gasteiger charge is 2.28. The number of hydrogen-bond donors (Lipinski definition) is 1. The molecule has 28 heavy (non-hydrogen) atoms. The Balaban J connectivity index is 1.34. The summed E-state index contributed by atoms with van der Waals surface area (Å²) in [5, 5.41) is 7.14. The number of likely N-dealkylation sites (tertiary alicyclic amines) is 1. The molecule has 3 aromatic rings. The first kappa shape index (κ1) is 18.0. The van der Waals surface area contributed by atoms with E-state index in [-0.39, 0.29) is 18.0 Å². The Kier molecular flexibility index (Phi) is 5.18. The summed E-state index contributed by atoms with van der Waals surface area (Å²) < 4.78 is 20.6. The predicted molar refractivity (Wildman–Crippen MR) is 102 cm³/mol. The van der Waals surface area contributed by atoms with Crippen LogP contribution in [0.5, 0.6) is 5.75 Å². The van der Waals surface area contributed by atoms with Gasteiger partial charge in [0.15, 0.2) is 0 Å². The molecule has 1 aliphatic rings. The van der Waals surface area contributed by atoms with E-state index < -0.39 is 0 Å². The zero-order valence-electron chi connectivity index (χ0n) is 15.2. The number of anilines is 1. The van der Waals surface area contributed by atoms with Crippen LogP contribution in [0.3, 0.4) is 0 Å².